The van der Waals surface area contributed by atoms with Gasteiger partial charge in [0.15, 0.2) is 5.78 Å². The highest BCUT2D eigenvalue weighted by Gasteiger charge is 2.47. The van der Waals surface area contributed by atoms with Crippen LogP contribution in [0.2, 0.25) is 0 Å². The van der Waals surface area contributed by atoms with E-state index in [1.807, 2.05) is 32.0 Å². The van der Waals surface area contributed by atoms with Crippen LogP contribution in [-0.4, -0.2) is 46.8 Å². The quantitative estimate of drug-likeness (QED) is 0.474. The molecule has 0 aliphatic heterocycles. The second kappa shape index (κ2) is 9.08. The molecule has 6 nitrogen and oxygen atoms in total. The van der Waals surface area contributed by atoms with Gasteiger partial charge < -0.3 is 14.2 Å². The monoisotopic (exact) mass is 424 g/mol. The van der Waals surface area contributed by atoms with Crippen molar-refractivity contribution >= 4 is 17.7 Å². The summed E-state index contributed by atoms with van der Waals surface area (Å²) in [5.41, 5.74) is 3.34. The van der Waals surface area contributed by atoms with E-state index in [0.717, 1.165) is 12.8 Å². The Morgan fingerprint density at radius 2 is 1.84 bits per heavy atom. The molecule has 1 heterocycles. The van der Waals surface area contributed by atoms with Crippen LogP contribution in [0.1, 0.15) is 70.3 Å². The van der Waals surface area contributed by atoms with Gasteiger partial charge >= 0.3 is 5.97 Å². The number of rotatable bonds is 8. The number of hydrogen-bond donors (Lipinski definition) is 0. The van der Waals surface area contributed by atoms with Crippen LogP contribution in [-0.2, 0) is 16.6 Å². The van der Waals surface area contributed by atoms with E-state index < -0.39 is 12.0 Å². The molecule has 3 atom stereocenters. The third kappa shape index (κ3) is 4.16. The fourth-order valence-electron chi connectivity index (χ4n) is 4.56. The van der Waals surface area contributed by atoms with Crippen molar-refractivity contribution in [1.82, 2.24) is 9.47 Å². The second-order valence-corrected chi connectivity index (χ2v) is 8.42. The first-order chi connectivity index (χ1) is 14.7. The van der Waals surface area contributed by atoms with E-state index in [4.69, 9.17) is 4.74 Å². The van der Waals surface area contributed by atoms with E-state index >= 15 is 0 Å². The zero-order valence-electron chi connectivity index (χ0n) is 19.3. The van der Waals surface area contributed by atoms with Crippen LogP contribution in [0, 0.1) is 19.8 Å². The molecule has 1 aromatic carbocycles. The molecule has 2 aromatic rings. The van der Waals surface area contributed by atoms with Gasteiger partial charge in [-0.05, 0) is 50.7 Å². The Labute approximate surface area is 184 Å². The molecule has 0 unspecified atom stereocenters. The minimum Gasteiger partial charge on any atom is -0.464 e. The third-order valence-electron chi connectivity index (χ3n) is 6.49. The fraction of sp³-hybridized carbons (Fsp3) is 0.480. The summed E-state index contributed by atoms with van der Waals surface area (Å²) in [5, 5.41) is 0. The molecule has 0 bridgehead atoms. The van der Waals surface area contributed by atoms with E-state index in [1.165, 1.54) is 12.7 Å². The molecule has 1 aromatic heterocycles. The van der Waals surface area contributed by atoms with Gasteiger partial charge in [-0.3, -0.25) is 9.59 Å². The van der Waals surface area contributed by atoms with Crippen molar-refractivity contribution in [3.05, 3.63) is 58.4 Å². The van der Waals surface area contributed by atoms with Gasteiger partial charge in [0.25, 0.3) is 0 Å². The first-order valence-corrected chi connectivity index (χ1v) is 10.9. The molecule has 166 valence electrons. The number of aromatic nitrogens is 1. The van der Waals surface area contributed by atoms with E-state index in [2.05, 4.69) is 12.1 Å². The molecule has 0 radical (unpaired) electrons. The average Bonchev–Trinajstić information content (AvgIpc) is 3.54. The average molecular weight is 425 g/mol. The number of benzene rings is 1. The first kappa shape index (κ1) is 22.8. The van der Waals surface area contributed by atoms with Crippen LogP contribution in [0.4, 0.5) is 0 Å². The summed E-state index contributed by atoms with van der Waals surface area (Å²) in [6.07, 6.45) is 1.59. The Balaban J connectivity index is 1.86. The molecule has 1 aliphatic carbocycles. The normalized spacial score (nSPS) is 18.4. The van der Waals surface area contributed by atoms with Crippen molar-refractivity contribution in [1.29, 1.82) is 0 Å². The molecule has 1 fully saturated rings. The van der Waals surface area contributed by atoms with Crippen molar-refractivity contribution in [3.63, 3.8) is 0 Å². The summed E-state index contributed by atoms with van der Waals surface area (Å²) in [6, 6.07) is 9.47. The number of carbonyl (C=O) groups is 3. The van der Waals surface area contributed by atoms with Gasteiger partial charge in [-0.2, -0.15) is 0 Å². The predicted octanol–water partition coefficient (Wildman–Crippen LogP) is 4.04. The Kier molecular flexibility index (Phi) is 6.68. The number of nitrogens with zero attached hydrogens (tertiary/aromatic N) is 2. The lowest BCUT2D eigenvalue weighted by molar-refractivity contribution is -0.134. The van der Waals surface area contributed by atoms with Crippen molar-refractivity contribution < 1.29 is 19.1 Å². The summed E-state index contributed by atoms with van der Waals surface area (Å²) in [6.45, 7) is 7.90. The number of amides is 1. The molecule has 0 spiro atoms. The molecule has 0 N–H and O–H groups in total. The van der Waals surface area contributed by atoms with Crippen LogP contribution < -0.4 is 0 Å². The summed E-state index contributed by atoms with van der Waals surface area (Å²) in [5.74, 6) is -0.426. The molecule has 1 aliphatic rings. The summed E-state index contributed by atoms with van der Waals surface area (Å²) >= 11 is 0. The molecule has 1 saturated carbocycles. The van der Waals surface area contributed by atoms with Crippen LogP contribution in [0.25, 0.3) is 0 Å². The number of esters is 1. The van der Waals surface area contributed by atoms with Gasteiger partial charge in [0.1, 0.15) is 5.69 Å². The van der Waals surface area contributed by atoms with Gasteiger partial charge in [0, 0.05) is 30.8 Å². The molecular formula is C25H32N2O4. The highest BCUT2D eigenvalue weighted by molar-refractivity contribution is 6.06. The minimum atomic E-state index is -0.602. The van der Waals surface area contributed by atoms with E-state index in [9.17, 15) is 14.4 Å². The predicted molar refractivity (Wildman–Crippen MR) is 119 cm³/mol. The maximum atomic E-state index is 13.5. The highest BCUT2D eigenvalue weighted by Crippen LogP contribution is 2.48. The number of ether oxygens (including phenoxy) is 1. The van der Waals surface area contributed by atoms with Crippen molar-refractivity contribution in [2.24, 2.45) is 13.0 Å². The lowest BCUT2D eigenvalue weighted by Crippen LogP contribution is -2.45. The van der Waals surface area contributed by atoms with Gasteiger partial charge in [-0.25, -0.2) is 4.79 Å². The lowest BCUT2D eigenvalue weighted by atomic mass is 9.99. The topological polar surface area (TPSA) is 68.6 Å². The number of methoxy groups -OCH3 is 1. The zero-order valence-corrected chi connectivity index (χ0v) is 19.3. The molecule has 3 rings (SSSR count). The van der Waals surface area contributed by atoms with Gasteiger partial charge in [0.2, 0.25) is 5.91 Å². The van der Waals surface area contributed by atoms with Gasteiger partial charge in [-0.15, -0.1) is 0 Å². The fourth-order valence-corrected chi connectivity index (χ4v) is 4.56. The first-order valence-electron chi connectivity index (χ1n) is 10.9. The van der Waals surface area contributed by atoms with E-state index in [1.54, 1.807) is 30.4 Å². The largest absolute Gasteiger partial charge is 0.464 e. The Bertz CT molecular complexity index is 993. The number of ketones is 1. The van der Waals surface area contributed by atoms with E-state index in [-0.39, 0.29) is 23.5 Å². The molecule has 0 saturated heterocycles. The smallest absolute Gasteiger partial charge is 0.354 e. The maximum Gasteiger partial charge on any atom is 0.354 e. The zero-order chi connectivity index (χ0) is 22.9. The third-order valence-corrected chi connectivity index (χ3v) is 6.49. The highest BCUT2D eigenvalue weighted by atomic mass is 16.5. The summed E-state index contributed by atoms with van der Waals surface area (Å²) in [4.78, 5) is 40.8. The van der Waals surface area contributed by atoms with Crippen LogP contribution in [0.15, 0.2) is 30.3 Å². The number of hydrogen-bond acceptors (Lipinski definition) is 4. The van der Waals surface area contributed by atoms with Gasteiger partial charge in [0.05, 0.1) is 13.2 Å². The van der Waals surface area contributed by atoms with Crippen molar-refractivity contribution in [2.75, 3.05) is 13.7 Å². The van der Waals surface area contributed by atoms with E-state index in [0.29, 0.717) is 29.1 Å². The van der Waals surface area contributed by atoms with Crippen LogP contribution >= 0.6 is 0 Å². The minimum absolute atomic E-state index is 0.0379. The van der Waals surface area contributed by atoms with Crippen molar-refractivity contribution in [2.45, 2.75) is 52.5 Å². The number of Topliss-reactive ketones (excluding diaryl/α,β-unsaturated/α-hetero) is 1. The number of carbonyl (C=O) groups excluding carboxylic acids is 3. The second-order valence-electron chi connectivity index (χ2n) is 8.42. The molecule has 31 heavy (non-hydrogen) atoms. The Morgan fingerprint density at radius 3 is 2.42 bits per heavy atom. The molecule has 6 heteroatoms. The Morgan fingerprint density at radius 1 is 1.19 bits per heavy atom. The summed E-state index contributed by atoms with van der Waals surface area (Å²) in [7, 11) is 3.08. The van der Waals surface area contributed by atoms with Gasteiger partial charge in [-0.1, -0.05) is 37.3 Å². The lowest BCUT2D eigenvalue weighted by Gasteiger charge is -2.28. The molecule has 1 amide bonds. The Hall–Kier alpha value is -2.89. The SMILES string of the molecule is CCCN(C(=O)[C@H]1C[C@H]1c1ccccc1)[C@H](C)C(=O)c1c(C)c(C(=O)OC)n(C)c1C. The van der Waals surface area contributed by atoms with Crippen LogP contribution in [0.3, 0.4) is 0 Å². The van der Waals surface area contributed by atoms with Crippen LogP contribution in [0.5, 0.6) is 0 Å². The van der Waals surface area contributed by atoms with Crippen molar-refractivity contribution in [3.8, 4) is 0 Å². The molecular weight excluding hydrogens is 392 g/mol. The summed E-state index contributed by atoms with van der Waals surface area (Å²) < 4.78 is 6.58. The maximum absolute atomic E-state index is 13.5. The standard InChI is InChI=1S/C25H32N2O4/c1-7-13-27(24(29)20-14-19(20)18-11-9-8-10-12-18)17(4)23(28)21-15(2)22(25(30)31-6)26(5)16(21)3/h8-12,17,19-20H,7,13-14H2,1-6H3/t17-,19+,20+/m1/s1.